The summed E-state index contributed by atoms with van der Waals surface area (Å²) in [7, 11) is 1.67. The second-order valence-corrected chi connectivity index (χ2v) is 6.29. The predicted octanol–water partition coefficient (Wildman–Crippen LogP) is 4.90. The van der Waals surface area contributed by atoms with Crippen LogP contribution in [0, 0.1) is 5.41 Å². The molecule has 0 N–H and O–H groups in total. The Kier molecular flexibility index (Phi) is 4.89. The summed E-state index contributed by atoms with van der Waals surface area (Å²) in [6.45, 7) is 7.37. The van der Waals surface area contributed by atoms with Crippen LogP contribution in [0.15, 0.2) is 54.6 Å². The van der Waals surface area contributed by atoms with E-state index in [9.17, 15) is 0 Å². The molecule has 0 fully saturated rings. The molecule has 2 nitrogen and oxygen atoms in total. The van der Waals surface area contributed by atoms with Crippen LogP contribution in [0.5, 0.6) is 11.5 Å². The summed E-state index contributed by atoms with van der Waals surface area (Å²) in [6, 6.07) is 18.3. The van der Waals surface area contributed by atoms with E-state index in [0.29, 0.717) is 12.5 Å². The molecule has 0 radical (unpaired) electrons. The first-order valence-electron chi connectivity index (χ1n) is 7.33. The van der Waals surface area contributed by atoms with E-state index in [4.69, 9.17) is 9.47 Å². The highest BCUT2D eigenvalue weighted by molar-refractivity contribution is 5.39. The van der Waals surface area contributed by atoms with Crippen molar-refractivity contribution in [2.24, 2.45) is 5.41 Å². The van der Waals surface area contributed by atoms with Gasteiger partial charge in [-0.25, -0.2) is 0 Å². The highest BCUT2D eigenvalue weighted by Crippen LogP contribution is 2.36. The van der Waals surface area contributed by atoms with Crippen LogP contribution in [0.4, 0.5) is 0 Å². The summed E-state index contributed by atoms with van der Waals surface area (Å²) < 4.78 is 11.4. The summed E-state index contributed by atoms with van der Waals surface area (Å²) in [6.07, 6.45) is 0. The zero-order valence-electron chi connectivity index (χ0n) is 13.3. The second-order valence-electron chi connectivity index (χ2n) is 6.29. The summed E-state index contributed by atoms with van der Waals surface area (Å²) in [4.78, 5) is 0. The molecule has 1 atom stereocenters. The largest absolute Gasteiger partial charge is 0.493 e. The van der Waals surface area contributed by atoms with Crippen LogP contribution in [0.3, 0.4) is 0 Å². The van der Waals surface area contributed by atoms with Gasteiger partial charge in [-0.1, -0.05) is 63.2 Å². The molecule has 0 aliphatic rings. The predicted molar refractivity (Wildman–Crippen MR) is 87.1 cm³/mol. The number of benzene rings is 2. The third-order valence-corrected chi connectivity index (χ3v) is 3.72. The Morgan fingerprint density at radius 2 is 1.43 bits per heavy atom. The fourth-order valence-electron chi connectivity index (χ4n) is 2.44. The molecular formula is C19H24O2. The Labute approximate surface area is 127 Å². The fraction of sp³-hybridized carbons (Fsp3) is 0.368. The van der Waals surface area contributed by atoms with Crippen molar-refractivity contribution < 1.29 is 9.47 Å². The number of ether oxygens (including phenoxy) is 2. The number of rotatable bonds is 5. The molecule has 1 unspecified atom stereocenters. The minimum atomic E-state index is 0.128. The van der Waals surface area contributed by atoms with Crippen LogP contribution in [-0.4, -0.2) is 13.7 Å². The van der Waals surface area contributed by atoms with Gasteiger partial charge < -0.3 is 9.47 Å². The van der Waals surface area contributed by atoms with E-state index in [0.717, 1.165) is 11.5 Å². The van der Waals surface area contributed by atoms with Gasteiger partial charge in [0.25, 0.3) is 0 Å². The first kappa shape index (κ1) is 15.4. The lowest BCUT2D eigenvalue weighted by Gasteiger charge is -2.31. The van der Waals surface area contributed by atoms with E-state index < -0.39 is 0 Å². The molecule has 0 bridgehead atoms. The maximum absolute atomic E-state index is 6.05. The van der Waals surface area contributed by atoms with Crippen LogP contribution in [-0.2, 0) is 0 Å². The molecule has 2 aromatic carbocycles. The molecule has 0 amide bonds. The van der Waals surface area contributed by atoms with Gasteiger partial charge in [-0.15, -0.1) is 0 Å². The SMILES string of the molecule is COc1ccccc1OCC(c1ccccc1)C(C)(C)C. The fourth-order valence-corrected chi connectivity index (χ4v) is 2.44. The smallest absolute Gasteiger partial charge is 0.161 e. The van der Waals surface area contributed by atoms with Crippen molar-refractivity contribution in [3.8, 4) is 11.5 Å². The van der Waals surface area contributed by atoms with Crippen molar-refractivity contribution in [1.29, 1.82) is 0 Å². The van der Waals surface area contributed by atoms with Gasteiger partial charge in [-0.2, -0.15) is 0 Å². The Balaban J connectivity index is 2.17. The van der Waals surface area contributed by atoms with Gasteiger partial charge in [0.05, 0.1) is 13.7 Å². The Hall–Kier alpha value is -1.96. The van der Waals surface area contributed by atoms with Crippen LogP contribution >= 0.6 is 0 Å². The van der Waals surface area contributed by atoms with Crippen molar-refractivity contribution in [3.63, 3.8) is 0 Å². The molecule has 0 aliphatic carbocycles. The van der Waals surface area contributed by atoms with Crippen molar-refractivity contribution >= 4 is 0 Å². The van der Waals surface area contributed by atoms with Gasteiger partial charge in [0.2, 0.25) is 0 Å². The zero-order valence-corrected chi connectivity index (χ0v) is 13.3. The normalized spacial score (nSPS) is 12.8. The van der Waals surface area contributed by atoms with E-state index >= 15 is 0 Å². The van der Waals surface area contributed by atoms with Gasteiger partial charge in [-0.05, 0) is 23.1 Å². The van der Waals surface area contributed by atoms with E-state index in [2.05, 4.69) is 45.0 Å². The first-order valence-corrected chi connectivity index (χ1v) is 7.33. The summed E-state index contributed by atoms with van der Waals surface area (Å²) in [5, 5.41) is 0. The van der Waals surface area contributed by atoms with Crippen LogP contribution in [0.1, 0.15) is 32.3 Å². The molecule has 21 heavy (non-hydrogen) atoms. The number of hydrogen-bond donors (Lipinski definition) is 0. The van der Waals surface area contributed by atoms with Gasteiger partial charge in [0.15, 0.2) is 11.5 Å². The van der Waals surface area contributed by atoms with E-state index in [1.807, 2.05) is 30.3 Å². The molecular weight excluding hydrogens is 260 g/mol. The number of para-hydroxylation sites is 2. The average Bonchev–Trinajstić information content (AvgIpc) is 2.47. The van der Waals surface area contributed by atoms with Gasteiger partial charge >= 0.3 is 0 Å². The van der Waals surface area contributed by atoms with Gasteiger partial charge in [0.1, 0.15) is 0 Å². The van der Waals surface area contributed by atoms with Crippen LogP contribution in [0.2, 0.25) is 0 Å². The molecule has 2 rings (SSSR count). The molecule has 0 spiro atoms. The zero-order chi connectivity index (χ0) is 15.3. The molecule has 2 aromatic rings. The molecule has 112 valence electrons. The van der Waals surface area contributed by atoms with Crippen molar-refractivity contribution in [2.45, 2.75) is 26.7 Å². The van der Waals surface area contributed by atoms with Crippen LogP contribution < -0.4 is 9.47 Å². The van der Waals surface area contributed by atoms with Crippen LogP contribution in [0.25, 0.3) is 0 Å². The van der Waals surface area contributed by atoms with Crippen molar-refractivity contribution in [1.82, 2.24) is 0 Å². The van der Waals surface area contributed by atoms with E-state index in [1.165, 1.54) is 5.56 Å². The maximum atomic E-state index is 6.05. The average molecular weight is 284 g/mol. The first-order chi connectivity index (χ1) is 10.0. The molecule has 2 heteroatoms. The third-order valence-electron chi connectivity index (χ3n) is 3.72. The molecule has 0 heterocycles. The summed E-state index contributed by atoms with van der Waals surface area (Å²) in [5.41, 5.74) is 1.43. The minimum Gasteiger partial charge on any atom is -0.493 e. The quantitative estimate of drug-likeness (QED) is 0.777. The van der Waals surface area contributed by atoms with Gasteiger partial charge in [-0.3, -0.25) is 0 Å². The maximum Gasteiger partial charge on any atom is 0.161 e. The van der Waals surface area contributed by atoms with Gasteiger partial charge in [0, 0.05) is 5.92 Å². The lowest BCUT2D eigenvalue weighted by atomic mass is 9.77. The van der Waals surface area contributed by atoms with E-state index in [1.54, 1.807) is 7.11 Å². The minimum absolute atomic E-state index is 0.128. The summed E-state index contributed by atoms with van der Waals surface area (Å²) >= 11 is 0. The highest BCUT2D eigenvalue weighted by Gasteiger charge is 2.27. The molecule has 0 saturated heterocycles. The Morgan fingerprint density at radius 1 is 0.857 bits per heavy atom. The highest BCUT2D eigenvalue weighted by atomic mass is 16.5. The Morgan fingerprint density at radius 3 is 2.00 bits per heavy atom. The van der Waals surface area contributed by atoms with E-state index in [-0.39, 0.29) is 5.41 Å². The third kappa shape index (κ3) is 4.01. The Bertz CT molecular complexity index is 555. The summed E-state index contributed by atoms with van der Waals surface area (Å²) in [5.74, 6) is 1.90. The topological polar surface area (TPSA) is 18.5 Å². The lowest BCUT2D eigenvalue weighted by Crippen LogP contribution is -2.24. The molecule has 0 aliphatic heterocycles. The standard InChI is InChI=1S/C19H24O2/c1-19(2,3)16(15-10-6-5-7-11-15)14-21-18-13-9-8-12-17(18)20-4/h5-13,16H,14H2,1-4H3. The van der Waals surface area contributed by atoms with Crippen molar-refractivity contribution in [2.75, 3.05) is 13.7 Å². The lowest BCUT2D eigenvalue weighted by molar-refractivity contribution is 0.198. The second kappa shape index (κ2) is 6.66. The molecule has 0 saturated carbocycles. The molecule has 0 aromatic heterocycles. The number of hydrogen-bond acceptors (Lipinski definition) is 2. The number of methoxy groups -OCH3 is 1. The van der Waals surface area contributed by atoms with Crippen molar-refractivity contribution in [3.05, 3.63) is 60.2 Å². The monoisotopic (exact) mass is 284 g/mol.